The Morgan fingerprint density at radius 1 is 1.12 bits per heavy atom. The first-order chi connectivity index (χ1) is 7.75. The summed E-state index contributed by atoms with van der Waals surface area (Å²) in [5.74, 6) is 0. The molecule has 1 aromatic heterocycles. The molecule has 1 heterocycles. The Balaban J connectivity index is 2.27. The molecule has 1 aliphatic rings. The number of aryl methyl sites for hydroxylation is 4. The van der Waals surface area contributed by atoms with Gasteiger partial charge in [-0.25, -0.2) is 0 Å². The van der Waals surface area contributed by atoms with E-state index >= 15 is 0 Å². The third-order valence-electron chi connectivity index (χ3n) is 3.38. The van der Waals surface area contributed by atoms with Crippen LogP contribution in [0, 0.1) is 13.8 Å². The van der Waals surface area contributed by atoms with Gasteiger partial charge in [0.15, 0.2) is 0 Å². The van der Waals surface area contributed by atoms with E-state index in [0.29, 0.717) is 0 Å². The first-order valence-electron chi connectivity index (χ1n) is 5.67. The minimum absolute atomic E-state index is 0.274. The summed E-state index contributed by atoms with van der Waals surface area (Å²) in [4.78, 5) is 0. The van der Waals surface area contributed by atoms with Crippen LogP contribution < -0.4 is 0 Å². The van der Waals surface area contributed by atoms with Crippen molar-refractivity contribution in [3.63, 3.8) is 0 Å². The zero-order valence-corrected chi connectivity index (χ0v) is 11.3. The van der Waals surface area contributed by atoms with Gasteiger partial charge < -0.3 is 0 Å². The van der Waals surface area contributed by atoms with Crippen molar-refractivity contribution in [3.05, 3.63) is 33.3 Å². The molecule has 1 aliphatic carbocycles. The molecule has 3 heteroatoms. The van der Waals surface area contributed by atoms with E-state index in [-0.39, 0.29) is 14.7 Å². The summed E-state index contributed by atoms with van der Waals surface area (Å²) in [5.41, 5.74) is 6.75. The molecule has 1 aromatic carbocycles. The van der Waals surface area contributed by atoms with Gasteiger partial charge in [0.05, 0.1) is 0 Å². The van der Waals surface area contributed by atoms with Crippen LogP contribution in [0.25, 0.3) is 11.3 Å². The predicted molar refractivity (Wildman–Crippen MR) is 65.9 cm³/mol. The summed E-state index contributed by atoms with van der Waals surface area (Å²) in [5, 5.41) is 4.36. The van der Waals surface area contributed by atoms with Crippen LogP contribution in [0.15, 0.2) is 12.1 Å². The van der Waals surface area contributed by atoms with Crippen molar-refractivity contribution in [2.45, 2.75) is 33.1 Å². The van der Waals surface area contributed by atoms with Crippen molar-refractivity contribution in [2.24, 2.45) is 0 Å². The van der Waals surface area contributed by atoms with E-state index in [2.05, 4.69) is 35.2 Å². The van der Waals surface area contributed by atoms with Gasteiger partial charge in [0.1, 0.15) is 0 Å². The van der Waals surface area contributed by atoms with Gasteiger partial charge in [-0.2, -0.15) is 0 Å². The second kappa shape index (κ2) is 3.83. The average molecular weight is 277 g/mol. The van der Waals surface area contributed by atoms with Gasteiger partial charge in [0, 0.05) is 0 Å². The maximum atomic E-state index is 4.36. The molecule has 0 radical (unpaired) electrons. The Hall–Kier alpha value is -0.921. The van der Waals surface area contributed by atoms with E-state index in [1.807, 2.05) is 0 Å². The third kappa shape index (κ3) is 1.55. The van der Waals surface area contributed by atoms with E-state index in [9.17, 15) is 0 Å². The summed E-state index contributed by atoms with van der Waals surface area (Å²) < 4.78 is 5.73. The Bertz CT molecular complexity index is 543. The molecular formula is C13H14N2Se. The molecule has 2 aromatic rings. The van der Waals surface area contributed by atoms with E-state index in [4.69, 9.17) is 0 Å². The van der Waals surface area contributed by atoms with Crippen LogP contribution in [0.4, 0.5) is 0 Å². The topological polar surface area (TPSA) is 25.8 Å². The molecule has 0 N–H and O–H groups in total. The molecular weight excluding hydrogens is 263 g/mol. The van der Waals surface area contributed by atoms with Crippen LogP contribution in [0.1, 0.15) is 27.5 Å². The molecule has 3 rings (SSSR count). The second-order valence-corrected chi connectivity index (χ2v) is 6.25. The summed E-state index contributed by atoms with van der Waals surface area (Å²) >= 11 is 0.274. The van der Waals surface area contributed by atoms with Crippen LogP contribution in [0.2, 0.25) is 0 Å². The third-order valence-corrected chi connectivity index (χ3v) is 5.02. The molecule has 0 amide bonds. The number of hydrogen-bond donors (Lipinski definition) is 0. The molecule has 0 atom stereocenters. The van der Waals surface area contributed by atoms with Crippen molar-refractivity contribution in [3.8, 4) is 11.3 Å². The Morgan fingerprint density at radius 2 is 1.94 bits per heavy atom. The molecule has 16 heavy (non-hydrogen) atoms. The number of rotatable bonds is 0. The van der Waals surface area contributed by atoms with E-state index in [1.165, 1.54) is 51.6 Å². The number of aromatic nitrogens is 2. The monoisotopic (exact) mass is 278 g/mol. The average Bonchev–Trinajstić information content (AvgIpc) is 2.65. The van der Waals surface area contributed by atoms with Crippen molar-refractivity contribution in [1.82, 2.24) is 9.19 Å². The van der Waals surface area contributed by atoms with Gasteiger partial charge in [-0.3, -0.25) is 0 Å². The van der Waals surface area contributed by atoms with E-state index in [0.717, 1.165) is 0 Å². The van der Waals surface area contributed by atoms with Gasteiger partial charge in [0.25, 0.3) is 0 Å². The number of nitrogens with zero attached hydrogens (tertiary/aromatic N) is 2. The molecule has 0 saturated heterocycles. The summed E-state index contributed by atoms with van der Waals surface area (Å²) in [6, 6.07) is 4.63. The van der Waals surface area contributed by atoms with Crippen LogP contribution in [0.5, 0.6) is 0 Å². The molecule has 0 unspecified atom stereocenters. The Labute approximate surface area is 102 Å². The Kier molecular flexibility index (Phi) is 2.45. The fourth-order valence-corrected chi connectivity index (χ4v) is 3.78. The van der Waals surface area contributed by atoms with Gasteiger partial charge in [-0.1, -0.05) is 0 Å². The van der Waals surface area contributed by atoms with Crippen LogP contribution in [-0.2, 0) is 12.8 Å². The molecule has 0 aliphatic heterocycles. The molecule has 82 valence electrons. The number of hydrogen-bond acceptors (Lipinski definition) is 2. The van der Waals surface area contributed by atoms with Gasteiger partial charge in [-0.15, -0.1) is 0 Å². The van der Waals surface area contributed by atoms with E-state index in [1.54, 1.807) is 0 Å². The van der Waals surface area contributed by atoms with Crippen LogP contribution >= 0.6 is 0 Å². The van der Waals surface area contributed by atoms with Crippen LogP contribution in [0.3, 0.4) is 0 Å². The quantitative estimate of drug-likeness (QED) is 0.691. The maximum absolute atomic E-state index is 4.36. The number of fused-ring (bicyclic) bond motifs is 3. The minimum atomic E-state index is 0.274. The summed E-state index contributed by atoms with van der Waals surface area (Å²) in [6.07, 6.45) is 3.63. The van der Waals surface area contributed by atoms with Crippen molar-refractivity contribution < 1.29 is 0 Å². The SMILES string of the molecule is Cc1cc2c(cc1C)-c1nn[se]c1CCC2. The van der Waals surface area contributed by atoms with Crippen molar-refractivity contribution >= 4 is 14.7 Å². The molecule has 0 spiro atoms. The zero-order chi connectivity index (χ0) is 11.1. The first-order valence-corrected chi connectivity index (χ1v) is 7.29. The van der Waals surface area contributed by atoms with Crippen molar-refractivity contribution in [1.29, 1.82) is 0 Å². The summed E-state index contributed by atoms with van der Waals surface area (Å²) in [7, 11) is 0. The zero-order valence-electron chi connectivity index (χ0n) is 9.58. The van der Waals surface area contributed by atoms with Gasteiger partial charge >= 0.3 is 102 Å². The molecule has 0 saturated carbocycles. The van der Waals surface area contributed by atoms with Gasteiger partial charge in [-0.05, 0) is 0 Å². The van der Waals surface area contributed by atoms with Crippen molar-refractivity contribution in [2.75, 3.05) is 0 Å². The second-order valence-electron chi connectivity index (χ2n) is 4.49. The van der Waals surface area contributed by atoms with E-state index < -0.39 is 0 Å². The normalized spacial score (nSPS) is 14.1. The molecule has 0 bridgehead atoms. The van der Waals surface area contributed by atoms with Gasteiger partial charge in [0.2, 0.25) is 0 Å². The fraction of sp³-hybridized carbons (Fsp3) is 0.385. The predicted octanol–water partition coefficient (Wildman–Crippen LogP) is 2.31. The van der Waals surface area contributed by atoms with Crippen LogP contribution in [-0.4, -0.2) is 23.9 Å². The number of benzene rings is 1. The summed E-state index contributed by atoms with van der Waals surface area (Å²) in [6.45, 7) is 4.37. The molecule has 2 nitrogen and oxygen atoms in total. The standard InChI is InChI=1S/C13H14N2Se/c1-8-6-10-4-3-5-12-13(14-15-16-12)11(10)7-9(8)2/h6-7H,3-5H2,1-2H3. The fourth-order valence-electron chi connectivity index (χ4n) is 2.32. The Morgan fingerprint density at radius 3 is 2.81 bits per heavy atom. The molecule has 0 fully saturated rings. The first kappa shape index (κ1) is 10.2.